The number of hydrogen-bond acceptors (Lipinski definition) is 3. The van der Waals surface area contributed by atoms with E-state index in [0.717, 1.165) is 24.2 Å². The quantitative estimate of drug-likeness (QED) is 0.711. The first-order valence-corrected chi connectivity index (χ1v) is 8.50. The minimum atomic E-state index is 0.517. The largest absolute Gasteiger partial charge is 0.444 e. The van der Waals surface area contributed by atoms with Crippen LogP contribution in [0, 0.1) is 0 Å². The fourth-order valence-corrected chi connectivity index (χ4v) is 2.53. The van der Waals surface area contributed by atoms with Crippen LogP contribution < -0.4 is 5.32 Å². The lowest BCUT2D eigenvalue weighted by Crippen LogP contribution is -2.25. The molecule has 3 heteroatoms. The lowest BCUT2D eigenvalue weighted by atomic mass is 10.1. The molecule has 0 spiro atoms. The van der Waals surface area contributed by atoms with E-state index in [4.69, 9.17) is 4.42 Å². The van der Waals surface area contributed by atoms with E-state index in [0.29, 0.717) is 11.9 Å². The van der Waals surface area contributed by atoms with Gasteiger partial charge in [0.1, 0.15) is 6.26 Å². The van der Waals surface area contributed by atoms with E-state index in [9.17, 15) is 0 Å². The zero-order valence-corrected chi connectivity index (χ0v) is 14.1. The smallest absolute Gasteiger partial charge is 0.226 e. The van der Waals surface area contributed by atoms with Crippen LogP contribution in [-0.4, -0.2) is 11.0 Å². The lowest BCUT2D eigenvalue weighted by Gasteiger charge is -2.10. The SMILES string of the molecule is CCCCc1ccc(-c2nc(CNC(C)CCC)co2)cc1. The van der Waals surface area contributed by atoms with Gasteiger partial charge in [0, 0.05) is 18.2 Å². The molecule has 3 nitrogen and oxygen atoms in total. The van der Waals surface area contributed by atoms with E-state index in [1.165, 1.54) is 31.2 Å². The maximum absolute atomic E-state index is 5.61. The molecule has 0 radical (unpaired) electrons. The Balaban J connectivity index is 1.93. The van der Waals surface area contributed by atoms with E-state index in [1.54, 1.807) is 6.26 Å². The summed E-state index contributed by atoms with van der Waals surface area (Å²) in [6.45, 7) is 7.40. The fraction of sp³-hybridized carbons (Fsp3) is 0.526. The molecule has 0 aliphatic carbocycles. The molecule has 0 fully saturated rings. The number of oxazole rings is 1. The van der Waals surface area contributed by atoms with E-state index >= 15 is 0 Å². The van der Waals surface area contributed by atoms with Crippen molar-refractivity contribution in [1.29, 1.82) is 0 Å². The van der Waals surface area contributed by atoms with Gasteiger partial charge in [-0.3, -0.25) is 0 Å². The summed E-state index contributed by atoms with van der Waals surface area (Å²) in [6.07, 6.45) is 7.75. The average Bonchev–Trinajstić information content (AvgIpc) is 3.01. The number of unbranched alkanes of at least 4 members (excludes halogenated alkanes) is 1. The highest BCUT2D eigenvalue weighted by atomic mass is 16.3. The molecular formula is C19H28N2O. The second-order valence-corrected chi connectivity index (χ2v) is 6.02. The Hall–Kier alpha value is -1.61. The summed E-state index contributed by atoms with van der Waals surface area (Å²) in [7, 11) is 0. The first-order chi connectivity index (χ1) is 10.7. The third-order valence-corrected chi connectivity index (χ3v) is 3.92. The van der Waals surface area contributed by atoms with Crippen molar-refractivity contribution in [2.45, 2.75) is 65.5 Å². The summed E-state index contributed by atoms with van der Waals surface area (Å²) < 4.78 is 5.61. The van der Waals surface area contributed by atoms with Gasteiger partial charge in [0.25, 0.3) is 0 Å². The maximum atomic E-state index is 5.61. The molecule has 0 bridgehead atoms. The van der Waals surface area contributed by atoms with Gasteiger partial charge in [0.2, 0.25) is 5.89 Å². The highest BCUT2D eigenvalue weighted by molar-refractivity contribution is 5.53. The van der Waals surface area contributed by atoms with Crippen LogP contribution in [0.3, 0.4) is 0 Å². The second-order valence-electron chi connectivity index (χ2n) is 6.02. The Morgan fingerprint density at radius 3 is 2.59 bits per heavy atom. The molecular weight excluding hydrogens is 272 g/mol. The highest BCUT2D eigenvalue weighted by Crippen LogP contribution is 2.20. The number of nitrogens with zero attached hydrogens (tertiary/aromatic N) is 1. The highest BCUT2D eigenvalue weighted by Gasteiger charge is 2.08. The number of hydrogen-bond donors (Lipinski definition) is 1. The first kappa shape index (κ1) is 16.8. The van der Waals surface area contributed by atoms with Crippen molar-refractivity contribution in [3.63, 3.8) is 0 Å². The van der Waals surface area contributed by atoms with Crippen molar-refractivity contribution in [3.05, 3.63) is 41.8 Å². The Labute approximate surface area is 134 Å². The predicted molar refractivity (Wildman–Crippen MR) is 91.8 cm³/mol. The minimum Gasteiger partial charge on any atom is -0.444 e. The van der Waals surface area contributed by atoms with Crippen molar-refractivity contribution in [3.8, 4) is 11.5 Å². The molecule has 2 aromatic rings. The van der Waals surface area contributed by atoms with Crippen LogP contribution in [-0.2, 0) is 13.0 Å². The summed E-state index contributed by atoms with van der Waals surface area (Å²) in [5.74, 6) is 0.710. The summed E-state index contributed by atoms with van der Waals surface area (Å²) in [5, 5.41) is 3.47. The summed E-state index contributed by atoms with van der Waals surface area (Å²) in [5.41, 5.74) is 3.40. The van der Waals surface area contributed by atoms with Crippen LogP contribution in [0.5, 0.6) is 0 Å². The lowest BCUT2D eigenvalue weighted by molar-refractivity contribution is 0.502. The summed E-state index contributed by atoms with van der Waals surface area (Å²) >= 11 is 0. The fourth-order valence-electron chi connectivity index (χ4n) is 2.53. The zero-order valence-electron chi connectivity index (χ0n) is 14.1. The van der Waals surface area contributed by atoms with E-state index in [-0.39, 0.29) is 0 Å². The standard InChI is InChI=1S/C19H28N2O/c1-4-6-8-16-9-11-17(12-10-16)19-21-18(14-22-19)13-20-15(3)7-5-2/h9-12,14-15,20H,4-8,13H2,1-3H3. The third-order valence-electron chi connectivity index (χ3n) is 3.92. The van der Waals surface area contributed by atoms with Crippen molar-refractivity contribution in [2.24, 2.45) is 0 Å². The van der Waals surface area contributed by atoms with Crippen molar-refractivity contribution < 1.29 is 4.42 Å². The van der Waals surface area contributed by atoms with E-state index in [2.05, 4.69) is 55.3 Å². The Morgan fingerprint density at radius 2 is 1.91 bits per heavy atom. The molecule has 0 saturated carbocycles. The average molecular weight is 300 g/mol. The first-order valence-electron chi connectivity index (χ1n) is 8.50. The van der Waals surface area contributed by atoms with Crippen LogP contribution in [0.25, 0.3) is 11.5 Å². The minimum absolute atomic E-state index is 0.517. The molecule has 120 valence electrons. The topological polar surface area (TPSA) is 38.1 Å². The van der Waals surface area contributed by atoms with Gasteiger partial charge in [-0.25, -0.2) is 4.98 Å². The van der Waals surface area contributed by atoms with Gasteiger partial charge < -0.3 is 9.73 Å². The molecule has 0 aliphatic rings. The van der Waals surface area contributed by atoms with Gasteiger partial charge in [-0.2, -0.15) is 0 Å². The molecule has 22 heavy (non-hydrogen) atoms. The van der Waals surface area contributed by atoms with E-state index in [1.807, 2.05) is 0 Å². The Morgan fingerprint density at radius 1 is 1.14 bits per heavy atom. The van der Waals surface area contributed by atoms with Gasteiger partial charge in [-0.1, -0.05) is 38.8 Å². The predicted octanol–water partition coefficient (Wildman–Crippen LogP) is 4.96. The molecule has 2 rings (SSSR count). The number of rotatable bonds is 9. The van der Waals surface area contributed by atoms with Crippen molar-refractivity contribution >= 4 is 0 Å². The monoisotopic (exact) mass is 300 g/mol. The van der Waals surface area contributed by atoms with Crippen LogP contribution in [0.15, 0.2) is 34.9 Å². The molecule has 1 aromatic carbocycles. The molecule has 1 atom stereocenters. The van der Waals surface area contributed by atoms with Gasteiger partial charge in [-0.15, -0.1) is 0 Å². The molecule has 1 N–H and O–H groups in total. The summed E-state index contributed by atoms with van der Waals surface area (Å²) in [6, 6.07) is 9.08. The molecule has 0 amide bonds. The van der Waals surface area contributed by atoms with E-state index < -0.39 is 0 Å². The van der Waals surface area contributed by atoms with Crippen molar-refractivity contribution in [1.82, 2.24) is 10.3 Å². The maximum Gasteiger partial charge on any atom is 0.226 e. The van der Waals surface area contributed by atoms with Crippen LogP contribution in [0.4, 0.5) is 0 Å². The van der Waals surface area contributed by atoms with Crippen LogP contribution in [0.1, 0.15) is 57.7 Å². The van der Waals surface area contributed by atoms with Crippen LogP contribution >= 0.6 is 0 Å². The normalized spacial score (nSPS) is 12.5. The van der Waals surface area contributed by atoms with Gasteiger partial charge in [0.05, 0.1) is 5.69 Å². The number of aryl methyl sites for hydroxylation is 1. The van der Waals surface area contributed by atoms with Crippen LogP contribution in [0.2, 0.25) is 0 Å². The van der Waals surface area contributed by atoms with Gasteiger partial charge in [0.15, 0.2) is 0 Å². The summed E-state index contributed by atoms with van der Waals surface area (Å²) in [4.78, 5) is 4.58. The molecule has 1 unspecified atom stereocenters. The van der Waals surface area contributed by atoms with Crippen molar-refractivity contribution in [2.75, 3.05) is 0 Å². The van der Waals surface area contributed by atoms with Gasteiger partial charge >= 0.3 is 0 Å². The molecule has 1 aromatic heterocycles. The third kappa shape index (κ3) is 4.99. The molecule has 1 heterocycles. The number of aromatic nitrogens is 1. The molecule has 0 saturated heterocycles. The van der Waals surface area contributed by atoms with Gasteiger partial charge in [-0.05, 0) is 43.9 Å². The zero-order chi connectivity index (χ0) is 15.8. The number of benzene rings is 1. The molecule has 0 aliphatic heterocycles. The number of nitrogens with one attached hydrogen (secondary N) is 1. The Bertz CT molecular complexity index is 545. The second kappa shape index (κ2) is 8.74. The Kier molecular flexibility index (Phi) is 6.66.